The molecule has 0 aliphatic heterocycles. The normalized spacial score (nSPS) is 12.2. The number of methoxy groups -OCH3 is 1. The Balaban J connectivity index is 1.79. The van der Waals surface area contributed by atoms with Crippen molar-refractivity contribution in [3.05, 3.63) is 93.3 Å². The van der Waals surface area contributed by atoms with Gasteiger partial charge in [-0.2, -0.15) is 0 Å². The second kappa shape index (κ2) is 9.89. The van der Waals surface area contributed by atoms with E-state index in [0.717, 1.165) is 21.8 Å². The largest absolute Gasteiger partial charge is 0.497 e. The van der Waals surface area contributed by atoms with Crippen molar-refractivity contribution in [1.29, 1.82) is 0 Å². The summed E-state index contributed by atoms with van der Waals surface area (Å²) in [7, 11) is 1.61. The summed E-state index contributed by atoms with van der Waals surface area (Å²) in [6, 6.07) is 18.3. The van der Waals surface area contributed by atoms with Crippen LogP contribution in [0.2, 0.25) is 0 Å². The van der Waals surface area contributed by atoms with Gasteiger partial charge in [-0.25, -0.2) is 0 Å². The lowest BCUT2D eigenvalue weighted by Crippen LogP contribution is -2.36. The first-order valence-corrected chi connectivity index (χ1v) is 10.4. The van der Waals surface area contributed by atoms with E-state index in [1.54, 1.807) is 25.3 Å². The Morgan fingerprint density at radius 1 is 1.07 bits per heavy atom. The highest BCUT2D eigenvalue weighted by molar-refractivity contribution is 7.10. The minimum absolute atomic E-state index is 0.198. The summed E-state index contributed by atoms with van der Waals surface area (Å²) in [5.74, 6) is 0.0717. The number of carbonyl (C=O) groups is 2. The minimum Gasteiger partial charge on any atom is -0.497 e. The molecule has 6 heteroatoms. The van der Waals surface area contributed by atoms with Crippen molar-refractivity contribution in [3.63, 3.8) is 0 Å². The van der Waals surface area contributed by atoms with Gasteiger partial charge in [0.15, 0.2) is 0 Å². The number of nitrogens with one attached hydrogen (secondary N) is 2. The van der Waals surface area contributed by atoms with Crippen molar-refractivity contribution in [2.24, 2.45) is 0 Å². The summed E-state index contributed by atoms with van der Waals surface area (Å²) in [6.45, 7) is 3.81. The van der Waals surface area contributed by atoms with Crippen LogP contribution in [0.15, 0.2) is 71.7 Å². The molecule has 154 valence electrons. The number of hydrogen-bond acceptors (Lipinski definition) is 4. The maximum absolute atomic E-state index is 13.0. The Morgan fingerprint density at radius 2 is 1.83 bits per heavy atom. The van der Waals surface area contributed by atoms with E-state index in [-0.39, 0.29) is 23.6 Å². The van der Waals surface area contributed by atoms with Gasteiger partial charge in [-0.1, -0.05) is 35.9 Å². The zero-order valence-electron chi connectivity index (χ0n) is 17.1. The van der Waals surface area contributed by atoms with Crippen molar-refractivity contribution in [3.8, 4) is 5.75 Å². The molecule has 2 aromatic carbocycles. The van der Waals surface area contributed by atoms with Gasteiger partial charge in [0.05, 0.1) is 13.2 Å². The van der Waals surface area contributed by atoms with Gasteiger partial charge in [-0.3, -0.25) is 9.59 Å². The quantitative estimate of drug-likeness (QED) is 0.544. The molecule has 5 nitrogen and oxygen atoms in total. The smallest absolute Gasteiger partial charge is 0.268 e. The second-order valence-electron chi connectivity index (χ2n) is 6.87. The molecule has 1 heterocycles. The molecular weight excluding hydrogens is 396 g/mol. The molecule has 0 fully saturated rings. The van der Waals surface area contributed by atoms with Gasteiger partial charge in [-0.05, 0) is 61.2 Å². The van der Waals surface area contributed by atoms with Crippen LogP contribution in [0.5, 0.6) is 5.75 Å². The van der Waals surface area contributed by atoms with Gasteiger partial charge in [0, 0.05) is 10.4 Å². The molecule has 0 bridgehead atoms. The van der Waals surface area contributed by atoms with E-state index in [1.165, 1.54) is 11.3 Å². The molecular formula is C24H24N2O3S. The molecule has 0 spiro atoms. The summed E-state index contributed by atoms with van der Waals surface area (Å²) in [5, 5.41) is 7.65. The van der Waals surface area contributed by atoms with Gasteiger partial charge in [0.2, 0.25) is 0 Å². The summed E-state index contributed by atoms with van der Waals surface area (Å²) < 4.78 is 5.18. The number of aryl methyl sites for hydroxylation is 1. The molecule has 0 aliphatic carbocycles. The molecule has 2 amide bonds. The van der Waals surface area contributed by atoms with E-state index in [4.69, 9.17) is 4.74 Å². The van der Waals surface area contributed by atoms with Crippen molar-refractivity contribution in [2.75, 3.05) is 7.11 Å². The molecule has 2 N–H and O–H groups in total. The van der Waals surface area contributed by atoms with Gasteiger partial charge >= 0.3 is 0 Å². The Labute approximate surface area is 180 Å². The van der Waals surface area contributed by atoms with Crippen LogP contribution in [0.25, 0.3) is 6.08 Å². The maximum atomic E-state index is 13.0. The van der Waals surface area contributed by atoms with Crippen molar-refractivity contribution in [2.45, 2.75) is 19.9 Å². The summed E-state index contributed by atoms with van der Waals surface area (Å²) in [4.78, 5) is 26.6. The van der Waals surface area contributed by atoms with Crippen LogP contribution in [-0.4, -0.2) is 18.9 Å². The zero-order chi connectivity index (χ0) is 21.5. The first-order valence-electron chi connectivity index (χ1n) is 9.54. The molecule has 3 aromatic rings. The SMILES string of the molecule is COc1ccc([C@@H](C)NC(=O)/C(=C/c2cccs2)NC(=O)c2cccc(C)c2)cc1. The summed E-state index contributed by atoms with van der Waals surface area (Å²) in [5.41, 5.74) is 2.61. The first kappa shape index (κ1) is 21.3. The van der Waals surface area contributed by atoms with Crippen LogP contribution >= 0.6 is 11.3 Å². The molecule has 1 aromatic heterocycles. The van der Waals surface area contributed by atoms with Crippen molar-refractivity contribution in [1.82, 2.24) is 10.6 Å². The third kappa shape index (κ3) is 5.58. The highest BCUT2D eigenvalue weighted by atomic mass is 32.1. The van der Waals surface area contributed by atoms with E-state index in [2.05, 4.69) is 10.6 Å². The number of thiophene rings is 1. The lowest BCUT2D eigenvalue weighted by molar-refractivity contribution is -0.118. The van der Waals surface area contributed by atoms with Crippen LogP contribution in [-0.2, 0) is 4.79 Å². The van der Waals surface area contributed by atoms with Crippen LogP contribution in [0.1, 0.15) is 39.3 Å². The van der Waals surface area contributed by atoms with Crippen LogP contribution in [0.3, 0.4) is 0 Å². The fraction of sp³-hybridized carbons (Fsp3) is 0.167. The Bertz CT molecular complexity index is 1040. The topological polar surface area (TPSA) is 67.4 Å². The van der Waals surface area contributed by atoms with Crippen LogP contribution in [0.4, 0.5) is 0 Å². The standard InChI is InChI=1S/C24H24N2O3S/c1-16-6-4-7-19(14-16)23(27)26-22(15-21-8-5-13-30-21)24(28)25-17(2)18-9-11-20(29-3)12-10-18/h4-15,17H,1-3H3,(H,25,28)(H,26,27)/b22-15-/t17-/m1/s1. The fourth-order valence-corrected chi connectivity index (χ4v) is 3.56. The number of benzene rings is 2. The number of carbonyl (C=O) groups excluding carboxylic acids is 2. The van der Waals surface area contributed by atoms with E-state index < -0.39 is 0 Å². The van der Waals surface area contributed by atoms with Gasteiger partial charge in [-0.15, -0.1) is 11.3 Å². The van der Waals surface area contributed by atoms with Crippen molar-refractivity contribution < 1.29 is 14.3 Å². The van der Waals surface area contributed by atoms with E-state index in [9.17, 15) is 9.59 Å². The predicted octanol–water partition coefficient (Wildman–Crippen LogP) is 4.71. The lowest BCUT2D eigenvalue weighted by Gasteiger charge is -2.17. The lowest BCUT2D eigenvalue weighted by atomic mass is 10.1. The van der Waals surface area contributed by atoms with Crippen molar-refractivity contribution >= 4 is 29.2 Å². The highest BCUT2D eigenvalue weighted by Crippen LogP contribution is 2.18. The monoisotopic (exact) mass is 420 g/mol. The number of ether oxygens (including phenoxy) is 1. The van der Waals surface area contributed by atoms with E-state index >= 15 is 0 Å². The Morgan fingerprint density at radius 3 is 2.47 bits per heavy atom. The molecule has 0 saturated heterocycles. The van der Waals surface area contributed by atoms with E-state index in [0.29, 0.717) is 5.56 Å². The third-order valence-corrected chi connectivity index (χ3v) is 5.39. The van der Waals surface area contributed by atoms with Crippen LogP contribution in [0, 0.1) is 6.92 Å². The van der Waals surface area contributed by atoms with Gasteiger partial charge in [0.1, 0.15) is 11.4 Å². The molecule has 0 saturated carbocycles. The first-order chi connectivity index (χ1) is 14.5. The summed E-state index contributed by atoms with van der Waals surface area (Å²) >= 11 is 1.49. The maximum Gasteiger partial charge on any atom is 0.268 e. The Kier molecular flexibility index (Phi) is 7.03. The van der Waals surface area contributed by atoms with Gasteiger partial charge < -0.3 is 15.4 Å². The summed E-state index contributed by atoms with van der Waals surface area (Å²) in [6.07, 6.45) is 1.69. The minimum atomic E-state index is -0.354. The molecule has 0 unspecified atom stereocenters. The third-order valence-electron chi connectivity index (χ3n) is 4.57. The van der Waals surface area contributed by atoms with E-state index in [1.807, 2.05) is 67.8 Å². The predicted molar refractivity (Wildman–Crippen MR) is 120 cm³/mol. The molecule has 1 atom stereocenters. The second-order valence-corrected chi connectivity index (χ2v) is 7.84. The van der Waals surface area contributed by atoms with Crippen LogP contribution < -0.4 is 15.4 Å². The van der Waals surface area contributed by atoms with Gasteiger partial charge in [0.25, 0.3) is 11.8 Å². The molecule has 30 heavy (non-hydrogen) atoms. The average molecular weight is 421 g/mol. The highest BCUT2D eigenvalue weighted by Gasteiger charge is 2.18. The number of hydrogen-bond donors (Lipinski definition) is 2. The number of amides is 2. The molecule has 0 aliphatic rings. The fourth-order valence-electron chi connectivity index (χ4n) is 2.91. The molecule has 3 rings (SSSR count). The average Bonchev–Trinajstić information content (AvgIpc) is 3.26. The Hall–Kier alpha value is -3.38. The molecule has 0 radical (unpaired) electrons. The number of rotatable bonds is 7. The zero-order valence-corrected chi connectivity index (χ0v) is 18.0.